The van der Waals surface area contributed by atoms with Gasteiger partial charge < -0.3 is 10.3 Å². The molecule has 1 fully saturated rings. The van der Waals surface area contributed by atoms with Gasteiger partial charge in [-0.3, -0.25) is 0 Å². The molecule has 2 aromatic rings. The molecule has 0 atom stereocenters. The number of H-pyrrole nitrogens is 1. The van der Waals surface area contributed by atoms with E-state index in [0.29, 0.717) is 5.92 Å². The summed E-state index contributed by atoms with van der Waals surface area (Å²) >= 11 is 0. The maximum absolute atomic E-state index is 4.66. The van der Waals surface area contributed by atoms with Crippen molar-refractivity contribution in [2.24, 2.45) is 0 Å². The highest BCUT2D eigenvalue weighted by Gasteiger charge is 2.27. The molecule has 1 saturated carbocycles. The highest BCUT2D eigenvalue weighted by molar-refractivity contribution is 5.59. The third-order valence-electron chi connectivity index (χ3n) is 3.12. The number of nitrogens with one attached hydrogen (secondary N) is 2. The van der Waals surface area contributed by atoms with Crippen LogP contribution in [-0.2, 0) is 0 Å². The number of anilines is 1. The molecule has 3 rings (SSSR count). The first-order valence-electron chi connectivity index (χ1n) is 6.63. The molecule has 4 nitrogen and oxygen atoms in total. The molecular weight excluding hydrogens is 224 g/mol. The molecule has 4 heteroatoms. The molecular formula is C14H18N4. The molecule has 1 aliphatic carbocycles. The summed E-state index contributed by atoms with van der Waals surface area (Å²) in [6.07, 6.45) is 5.47. The van der Waals surface area contributed by atoms with Crippen molar-refractivity contribution in [3.05, 3.63) is 30.2 Å². The number of nitrogens with zero attached hydrogens (tertiary/aromatic N) is 2. The first kappa shape index (κ1) is 11.3. The summed E-state index contributed by atoms with van der Waals surface area (Å²) in [6.45, 7) is 3.10. The second kappa shape index (κ2) is 4.80. The third-order valence-corrected chi connectivity index (χ3v) is 3.12. The van der Waals surface area contributed by atoms with E-state index in [2.05, 4.69) is 27.2 Å². The average Bonchev–Trinajstić information content (AvgIpc) is 3.11. The predicted octanol–water partition coefficient (Wildman–Crippen LogP) is 3.17. The Labute approximate surface area is 107 Å². The molecule has 2 heterocycles. The van der Waals surface area contributed by atoms with Crippen LogP contribution in [0.2, 0.25) is 0 Å². The van der Waals surface area contributed by atoms with Crippen LogP contribution in [0.5, 0.6) is 0 Å². The van der Waals surface area contributed by atoms with E-state index in [9.17, 15) is 0 Å². The number of hydrogen-bond acceptors (Lipinski definition) is 3. The van der Waals surface area contributed by atoms with Crippen LogP contribution in [0, 0.1) is 0 Å². The zero-order valence-electron chi connectivity index (χ0n) is 10.6. The summed E-state index contributed by atoms with van der Waals surface area (Å²) in [6, 6.07) is 6.06. The van der Waals surface area contributed by atoms with Gasteiger partial charge in [0.15, 0.2) is 0 Å². The van der Waals surface area contributed by atoms with Crippen LogP contribution in [0.15, 0.2) is 24.4 Å². The maximum atomic E-state index is 4.66. The molecule has 18 heavy (non-hydrogen) atoms. The minimum absolute atomic E-state index is 0.571. The van der Waals surface area contributed by atoms with Crippen LogP contribution < -0.4 is 5.32 Å². The molecule has 0 radical (unpaired) electrons. The average molecular weight is 242 g/mol. The van der Waals surface area contributed by atoms with Crippen molar-refractivity contribution in [2.75, 3.05) is 11.9 Å². The van der Waals surface area contributed by atoms with Crippen molar-refractivity contribution in [1.82, 2.24) is 15.0 Å². The normalized spacial score (nSPS) is 14.7. The van der Waals surface area contributed by atoms with Gasteiger partial charge in [0.1, 0.15) is 11.6 Å². The molecule has 0 aromatic carbocycles. The van der Waals surface area contributed by atoms with E-state index in [4.69, 9.17) is 0 Å². The van der Waals surface area contributed by atoms with E-state index in [1.807, 2.05) is 24.4 Å². The lowest BCUT2D eigenvalue weighted by Crippen LogP contribution is -2.05. The van der Waals surface area contributed by atoms with Crippen LogP contribution in [0.4, 0.5) is 5.82 Å². The Kier molecular flexibility index (Phi) is 3.00. The van der Waals surface area contributed by atoms with Gasteiger partial charge in [0.05, 0.1) is 11.4 Å². The Morgan fingerprint density at radius 1 is 1.39 bits per heavy atom. The van der Waals surface area contributed by atoms with Gasteiger partial charge in [0, 0.05) is 24.7 Å². The van der Waals surface area contributed by atoms with Crippen molar-refractivity contribution < 1.29 is 0 Å². The zero-order chi connectivity index (χ0) is 12.4. The topological polar surface area (TPSA) is 53.6 Å². The van der Waals surface area contributed by atoms with Gasteiger partial charge in [-0.25, -0.2) is 9.97 Å². The summed E-state index contributed by atoms with van der Waals surface area (Å²) in [5.74, 6) is 2.50. The van der Waals surface area contributed by atoms with Gasteiger partial charge in [-0.05, 0) is 31.4 Å². The first-order chi connectivity index (χ1) is 8.86. The van der Waals surface area contributed by atoms with Gasteiger partial charge in [0.2, 0.25) is 0 Å². The Balaban J connectivity index is 1.94. The third kappa shape index (κ3) is 2.37. The first-order valence-corrected chi connectivity index (χ1v) is 6.63. The summed E-state index contributed by atoms with van der Waals surface area (Å²) in [4.78, 5) is 12.5. The molecule has 2 N–H and O–H groups in total. The van der Waals surface area contributed by atoms with E-state index in [1.54, 1.807) is 0 Å². The molecule has 0 bridgehead atoms. The van der Waals surface area contributed by atoms with Crippen LogP contribution in [-0.4, -0.2) is 21.5 Å². The number of aromatic amines is 1. The van der Waals surface area contributed by atoms with Crippen LogP contribution in [0.1, 0.15) is 37.9 Å². The van der Waals surface area contributed by atoms with E-state index in [-0.39, 0.29) is 0 Å². The Morgan fingerprint density at radius 2 is 2.28 bits per heavy atom. The van der Waals surface area contributed by atoms with Gasteiger partial charge >= 0.3 is 0 Å². The molecule has 1 aliphatic rings. The second-order valence-corrected chi connectivity index (χ2v) is 4.78. The van der Waals surface area contributed by atoms with E-state index in [1.165, 1.54) is 12.8 Å². The smallest absolute Gasteiger partial charge is 0.134 e. The highest BCUT2D eigenvalue weighted by atomic mass is 15.0. The lowest BCUT2D eigenvalue weighted by molar-refractivity contribution is 0.910. The number of rotatable bonds is 5. The van der Waals surface area contributed by atoms with Crippen molar-refractivity contribution >= 4 is 5.82 Å². The standard InChI is InChI=1S/C14H18N4/c1-2-7-16-13-9-12(11-4-3-8-15-11)17-14(18-13)10-5-6-10/h3-4,8-10,15H,2,5-7H2,1H3,(H,16,17,18). The van der Waals surface area contributed by atoms with Crippen molar-refractivity contribution in [1.29, 1.82) is 0 Å². The number of aromatic nitrogens is 3. The molecule has 0 amide bonds. The van der Waals surface area contributed by atoms with Gasteiger partial charge in [0.25, 0.3) is 0 Å². The van der Waals surface area contributed by atoms with Crippen molar-refractivity contribution in [3.63, 3.8) is 0 Å². The fourth-order valence-electron chi connectivity index (χ4n) is 1.96. The minimum atomic E-state index is 0.571. The van der Waals surface area contributed by atoms with Crippen LogP contribution in [0.3, 0.4) is 0 Å². The molecule has 0 spiro atoms. The molecule has 0 aliphatic heterocycles. The molecule has 2 aromatic heterocycles. The summed E-state index contributed by atoms with van der Waals surface area (Å²) < 4.78 is 0. The lowest BCUT2D eigenvalue weighted by Gasteiger charge is -2.08. The monoisotopic (exact) mass is 242 g/mol. The lowest BCUT2D eigenvalue weighted by atomic mass is 10.2. The minimum Gasteiger partial charge on any atom is -0.370 e. The van der Waals surface area contributed by atoms with E-state index in [0.717, 1.165) is 36.0 Å². The summed E-state index contributed by atoms with van der Waals surface area (Å²) in [5.41, 5.74) is 2.04. The van der Waals surface area contributed by atoms with Gasteiger partial charge in [-0.15, -0.1) is 0 Å². The fourth-order valence-corrected chi connectivity index (χ4v) is 1.96. The van der Waals surface area contributed by atoms with Crippen LogP contribution in [0.25, 0.3) is 11.4 Å². The van der Waals surface area contributed by atoms with Crippen molar-refractivity contribution in [3.8, 4) is 11.4 Å². The Hall–Kier alpha value is -1.84. The van der Waals surface area contributed by atoms with E-state index >= 15 is 0 Å². The maximum Gasteiger partial charge on any atom is 0.134 e. The summed E-state index contributed by atoms with van der Waals surface area (Å²) in [5, 5.41) is 3.35. The Bertz CT molecular complexity index is 515. The summed E-state index contributed by atoms with van der Waals surface area (Å²) in [7, 11) is 0. The Morgan fingerprint density at radius 3 is 2.94 bits per heavy atom. The molecule has 94 valence electrons. The fraction of sp³-hybridized carbons (Fsp3) is 0.429. The van der Waals surface area contributed by atoms with Crippen molar-refractivity contribution in [2.45, 2.75) is 32.1 Å². The highest BCUT2D eigenvalue weighted by Crippen LogP contribution is 2.39. The largest absolute Gasteiger partial charge is 0.370 e. The molecule has 0 unspecified atom stereocenters. The zero-order valence-corrected chi connectivity index (χ0v) is 10.6. The van der Waals surface area contributed by atoms with E-state index < -0.39 is 0 Å². The van der Waals surface area contributed by atoms with Gasteiger partial charge in [-0.2, -0.15) is 0 Å². The molecule has 0 saturated heterocycles. The van der Waals surface area contributed by atoms with Gasteiger partial charge in [-0.1, -0.05) is 6.92 Å². The number of hydrogen-bond donors (Lipinski definition) is 2. The second-order valence-electron chi connectivity index (χ2n) is 4.78. The predicted molar refractivity (Wildman–Crippen MR) is 72.6 cm³/mol. The SMILES string of the molecule is CCCNc1cc(-c2ccc[nH]2)nc(C2CC2)n1. The van der Waals surface area contributed by atoms with Crippen LogP contribution >= 0.6 is 0 Å². The quantitative estimate of drug-likeness (QED) is 0.846.